The van der Waals surface area contributed by atoms with Crippen LogP contribution in [0.5, 0.6) is 0 Å². The van der Waals surface area contributed by atoms with Crippen LogP contribution in [0.3, 0.4) is 0 Å². The van der Waals surface area contributed by atoms with Crippen LogP contribution in [0.1, 0.15) is 10.4 Å². The quantitative estimate of drug-likeness (QED) is 0.584. The minimum Gasteiger partial charge on any atom is -0.478 e. The first-order valence-corrected chi connectivity index (χ1v) is 8.33. The third-order valence-electron chi connectivity index (χ3n) is 3.69. The minimum absolute atomic E-state index is 0.233. The van der Waals surface area contributed by atoms with Crippen LogP contribution in [0.4, 0.5) is 11.6 Å². The van der Waals surface area contributed by atoms with E-state index in [1.165, 1.54) is 23.5 Å². The largest absolute Gasteiger partial charge is 0.478 e. The molecule has 4 aromatic rings. The molecule has 0 bridgehead atoms. The SMILES string of the molecule is Cn1cc(-c2nc(Nc3ccc(C(=O)O)cc3)nc3sccc23)cn1. The fraction of sp³-hybridized carbons (Fsp3) is 0.0588. The summed E-state index contributed by atoms with van der Waals surface area (Å²) in [7, 11) is 1.86. The number of hydrogen-bond acceptors (Lipinski definition) is 6. The lowest BCUT2D eigenvalue weighted by molar-refractivity contribution is 0.0697. The van der Waals surface area contributed by atoms with E-state index in [0.717, 1.165) is 27.2 Å². The van der Waals surface area contributed by atoms with Gasteiger partial charge in [0.15, 0.2) is 0 Å². The molecule has 0 saturated heterocycles. The highest BCUT2D eigenvalue weighted by atomic mass is 32.1. The number of aromatic carboxylic acids is 1. The molecule has 0 aliphatic heterocycles. The molecule has 0 aliphatic rings. The molecule has 4 rings (SSSR count). The summed E-state index contributed by atoms with van der Waals surface area (Å²) < 4.78 is 1.73. The molecular weight excluding hydrogens is 338 g/mol. The van der Waals surface area contributed by atoms with Gasteiger partial charge in [-0.2, -0.15) is 5.10 Å². The minimum atomic E-state index is -0.957. The summed E-state index contributed by atoms with van der Waals surface area (Å²) in [5, 5.41) is 19.3. The number of thiophene rings is 1. The number of carboxylic acid groups (broad SMARTS) is 1. The molecule has 0 spiro atoms. The van der Waals surface area contributed by atoms with Gasteiger partial charge in [0.05, 0.1) is 17.5 Å². The predicted molar refractivity (Wildman–Crippen MR) is 96.3 cm³/mol. The fourth-order valence-corrected chi connectivity index (χ4v) is 3.26. The van der Waals surface area contributed by atoms with Crippen LogP contribution < -0.4 is 5.32 Å². The van der Waals surface area contributed by atoms with Crippen LogP contribution in [0, 0.1) is 0 Å². The lowest BCUT2D eigenvalue weighted by atomic mass is 10.2. The molecule has 0 amide bonds. The molecule has 25 heavy (non-hydrogen) atoms. The van der Waals surface area contributed by atoms with Gasteiger partial charge >= 0.3 is 5.97 Å². The maximum absolute atomic E-state index is 10.9. The molecule has 0 saturated carbocycles. The predicted octanol–water partition coefficient (Wildman–Crippen LogP) is 3.53. The van der Waals surface area contributed by atoms with Gasteiger partial charge in [-0.05, 0) is 35.7 Å². The Morgan fingerprint density at radius 2 is 2.00 bits per heavy atom. The van der Waals surface area contributed by atoms with Gasteiger partial charge in [0.25, 0.3) is 0 Å². The Morgan fingerprint density at radius 3 is 2.68 bits per heavy atom. The lowest BCUT2D eigenvalue weighted by Gasteiger charge is -2.07. The van der Waals surface area contributed by atoms with Crippen LogP contribution in [-0.2, 0) is 7.05 Å². The highest BCUT2D eigenvalue weighted by Crippen LogP contribution is 2.30. The van der Waals surface area contributed by atoms with Crippen molar-refractivity contribution in [3.63, 3.8) is 0 Å². The average molecular weight is 351 g/mol. The Kier molecular flexibility index (Phi) is 3.66. The topological polar surface area (TPSA) is 92.9 Å². The van der Waals surface area contributed by atoms with Crippen molar-refractivity contribution < 1.29 is 9.90 Å². The number of nitrogens with zero attached hydrogens (tertiary/aromatic N) is 4. The van der Waals surface area contributed by atoms with E-state index < -0.39 is 5.97 Å². The van der Waals surface area contributed by atoms with E-state index in [1.54, 1.807) is 23.0 Å². The van der Waals surface area contributed by atoms with Crippen molar-refractivity contribution in [2.75, 3.05) is 5.32 Å². The number of nitrogens with one attached hydrogen (secondary N) is 1. The molecule has 2 N–H and O–H groups in total. The third kappa shape index (κ3) is 2.94. The fourth-order valence-electron chi connectivity index (χ4n) is 2.50. The number of hydrogen-bond donors (Lipinski definition) is 2. The number of carbonyl (C=O) groups is 1. The monoisotopic (exact) mass is 351 g/mol. The van der Waals surface area contributed by atoms with E-state index in [1.807, 2.05) is 24.7 Å². The van der Waals surface area contributed by atoms with E-state index in [2.05, 4.69) is 20.4 Å². The maximum Gasteiger partial charge on any atom is 0.335 e. The van der Waals surface area contributed by atoms with Gasteiger partial charge in [-0.25, -0.2) is 14.8 Å². The van der Waals surface area contributed by atoms with Crippen LogP contribution in [-0.4, -0.2) is 30.8 Å². The van der Waals surface area contributed by atoms with Crippen molar-refractivity contribution in [3.05, 3.63) is 53.7 Å². The third-order valence-corrected chi connectivity index (χ3v) is 4.50. The molecule has 0 atom stereocenters. The standard InChI is InChI=1S/C17H13N5O2S/c1-22-9-11(8-18-22)14-13-6-7-25-15(13)21-17(20-14)19-12-4-2-10(3-5-12)16(23)24/h2-9H,1H3,(H,23,24)(H,19,20,21). The molecule has 0 fully saturated rings. The summed E-state index contributed by atoms with van der Waals surface area (Å²) in [6.45, 7) is 0. The van der Waals surface area contributed by atoms with Crippen molar-refractivity contribution in [2.45, 2.75) is 0 Å². The Balaban J connectivity index is 1.73. The lowest BCUT2D eigenvalue weighted by Crippen LogP contribution is -2.00. The van der Waals surface area contributed by atoms with Gasteiger partial charge < -0.3 is 10.4 Å². The normalized spacial score (nSPS) is 10.9. The first kappa shape index (κ1) is 15.3. The van der Waals surface area contributed by atoms with Crippen molar-refractivity contribution in [2.24, 2.45) is 7.05 Å². The molecule has 0 unspecified atom stereocenters. The summed E-state index contributed by atoms with van der Waals surface area (Å²) in [5.41, 5.74) is 2.68. The van der Waals surface area contributed by atoms with Crippen molar-refractivity contribution >= 4 is 39.2 Å². The molecule has 8 heteroatoms. The van der Waals surface area contributed by atoms with Crippen molar-refractivity contribution in [1.82, 2.24) is 19.7 Å². The van der Waals surface area contributed by atoms with E-state index in [-0.39, 0.29) is 5.56 Å². The van der Waals surface area contributed by atoms with Crippen LogP contribution in [0.15, 0.2) is 48.1 Å². The number of aromatic nitrogens is 4. The second-order valence-electron chi connectivity index (χ2n) is 5.45. The Labute approximate surface area is 146 Å². The van der Waals surface area contributed by atoms with E-state index in [0.29, 0.717) is 5.95 Å². The molecule has 7 nitrogen and oxygen atoms in total. The van der Waals surface area contributed by atoms with Crippen molar-refractivity contribution in [3.8, 4) is 11.3 Å². The Morgan fingerprint density at radius 1 is 1.20 bits per heavy atom. The zero-order chi connectivity index (χ0) is 17.4. The van der Waals surface area contributed by atoms with Gasteiger partial charge in [-0.15, -0.1) is 11.3 Å². The number of benzene rings is 1. The van der Waals surface area contributed by atoms with Crippen molar-refractivity contribution in [1.29, 1.82) is 0 Å². The molecule has 3 aromatic heterocycles. The van der Waals surface area contributed by atoms with Gasteiger partial charge in [0.2, 0.25) is 5.95 Å². The summed E-state index contributed by atoms with van der Waals surface area (Å²) in [6, 6.07) is 8.45. The molecule has 0 aliphatic carbocycles. The van der Waals surface area contributed by atoms with E-state index >= 15 is 0 Å². The molecule has 3 heterocycles. The first-order valence-electron chi connectivity index (χ1n) is 7.45. The number of aryl methyl sites for hydroxylation is 1. The van der Waals surface area contributed by atoms with Gasteiger partial charge in [-0.3, -0.25) is 4.68 Å². The Bertz CT molecular complexity index is 1070. The number of fused-ring (bicyclic) bond motifs is 1. The van der Waals surface area contributed by atoms with Crippen LogP contribution in [0.2, 0.25) is 0 Å². The molecule has 1 aromatic carbocycles. The van der Waals surface area contributed by atoms with Gasteiger partial charge in [0, 0.05) is 29.9 Å². The maximum atomic E-state index is 10.9. The first-order chi connectivity index (χ1) is 12.1. The molecule has 0 radical (unpaired) electrons. The van der Waals surface area contributed by atoms with E-state index in [4.69, 9.17) is 5.11 Å². The summed E-state index contributed by atoms with van der Waals surface area (Å²) in [4.78, 5) is 21.0. The van der Waals surface area contributed by atoms with Crippen LogP contribution >= 0.6 is 11.3 Å². The number of anilines is 2. The zero-order valence-corrected chi connectivity index (χ0v) is 14.0. The molecule has 124 valence electrons. The average Bonchev–Trinajstić information content (AvgIpc) is 3.23. The highest BCUT2D eigenvalue weighted by Gasteiger charge is 2.13. The summed E-state index contributed by atoms with van der Waals surface area (Å²) in [6.07, 6.45) is 3.68. The molecular formula is C17H13N5O2S. The van der Waals surface area contributed by atoms with E-state index in [9.17, 15) is 4.79 Å². The summed E-state index contributed by atoms with van der Waals surface area (Å²) in [5.74, 6) is -0.501. The Hall–Kier alpha value is -3.26. The number of rotatable bonds is 4. The van der Waals surface area contributed by atoms with Gasteiger partial charge in [0.1, 0.15) is 4.83 Å². The second kappa shape index (κ2) is 5.99. The second-order valence-corrected chi connectivity index (χ2v) is 6.34. The number of carboxylic acids is 1. The summed E-state index contributed by atoms with van der Waals surface area (Å²) >= 11 is 1.54. The smallest absolute Gasteiger partial charge is 0.335 e. The highest BCUT2D eigenvalue weighted by molar-refractivity contribution is 7.16. The van der Waals surface area contributed by atoms with Crippen LogP contribution in [0.25, 0.3) is 21.5 Å². The zero-order valence-electron chi connectivity index (χ0n) is 13.2. The van der Waals surface area contributed by atoms with Gasteiger partial charge in [-0.1, -0.05) is 0 Å².